The lowest BCUT2D eigenvalue weighted by molar-refractivity contribution is 0.0595. The molecule has 0 radical (unpaired) electrons. The predicted octanol–water partition coefficient (Wildman–Crippen LogP) is 1.54. The van der Waals surface area contributed by atoms with Gasteiger partial charge in [0.15, 0.2) is 9.34 Å². The van der Waals surface area contributed by atoms with Gasteiger partial charge in [-0.05, 0) is 25.7 Å². The summed E-state index contributed by atoms with van der Waals surface area (Å²) in [5, 5.41) is 3.89. The van der Waals surface area contributed by atoms with Crippen LogP contribution in [0.4, 0.5) is 5.13 Å². The zero-order valence-corrected chi connectivity index (χ0v) is 13.7. The van der Waals surface area contributed by atoms with Gasteiger partial charge < -0.3 is 10.1 Å². The lowest BCUT2D eigenvalue weighted by Crippen LogP contribution is -2.24. The van der Waals surface area contributed by atoms with E-state index in [-0.39, 0.29) is 0 Å². The van der Waals surface area contributed by atoms with Crippen LogP contribution in [-0.4, -0.2) is 51.6 Å². The van der Waals surface area contributed by atoms with Gasteiger partial charge in [0.2, 0.25) is 0 Å². The average molecular weight is 319 g/mol. The van der Waals surface area contributed by atoms with Gasteiger partial charge in [-0.2, -0.15) is 0 Å². The largest absolute Gasteiger partial charge is 0.381 e. The van der Waals surface area contributed by atoms with E-state index in [0.717, 1.165) is 32.6 Å². The molecule has 1 saturated heterocycles. The third-order valence-electron chi connectivity index (χ3n) is 3.27. The molecule has 1 aromatic heterocycles. The third-order valence-corrected chi connectivity index (χ3v) is 6.78. The fourth-order valence-corrected chi connectivity index (χ4v) is 4.63. The maximum atomic E-state index is 12.1. The second-order valence-corrected chi connectivity index (χ2v) is 8.49. The molecule has 0 bridgehead atoms. The van der Waals surface area contributed by atoms with Crippen molar-refractivity contribution >= 4 is 26.5 Å². The molecule has 20 heavy (non-hydrogen) atoms. The first-order valence-electron chi connectivity index (χ1n) is 6.63. The van der Waals surface area contributed by atoms with Crippen LogP contribution in [0.25, 0.3) is 0 Å². The smallest absolute Gasteiger partial charge is 0.254 e. The van der Waals surface area contributed by atoms with Gasteiger partial charge in [0.05, 0.1) is 12.3 Å². The summed E-state index contributed by atoms with van der Waals surface area (Å²) in [6.45, 7) is 4.11. The number of anilines is 1. The molecule has 1 aliphatic rings. The van der Waals surface area contributed by atoms with Crippen LogP contribution in [0.2, 0.25) is 0 Å². The van der Waals surface area contributed by atoms with Gasteiger partial charge in [0.1, 0.15) is 0 Å². The van der Waals surface area contributed by atoms with E-state index in [1.54, 1.807) is 6.92 Å². The molecule has 0 saturated carbocycles. The Hall–Kier alpha value is -0.700. The van der Waals surface area contributed by atoms with E-state index in [2.05, 4.69) is 10.3 Å². The fraction of sp³-hybridized carbons (Fsp3) is 0.750. The van der Waals surface area contributed by atoms with Crippen LogP contribution in [0.5, 0.6) is 0 Å². The van der Waals surface area contributed by atoms with Crippen molar-refractivity contribution in [1.29, 1.82) is 0 Å². The van der Waals surface area contributed by atoms with Gasteiger partial charge in [-0.15, -0.1) is 0 Å². The van der Waals surface area contributed by atoms with E-state index < -0.39 is 10.0 Å². The van der Waals surface area contributed by atoms with Crippen molar-refractivity contribution in [3.63, 3.8) is 0 Å². The molecule has 2 heterocycles. The molecule has 0 spiro atoms. The Labute approximate surface area is 124 Å². The molecule has 0 amide bonds. The first-order valence-corrected chi connectivity index (χ1v) is 8.88. The Morgan fingerprint density at radius 1 is 1.50 bits per heavy atom. The molecule has 1 fully saturated rings. The summed E-state index contributed by atoms with van der Waals surface area (Å²) in [4.78, 5) is 4.30. The van der Waals surface area contributed by atoms with Gasteiger partial charge >= 0.3 is 0 Å². The molecule has 0 unspecified atom stereocenters. The Morgan fingerprint density at radius 3 is 2.85 bits per heavy atom. The summed E-state index contributed by atoms with van der Waals surface area (Å²) in [6.07, 6.45) is 2.23. The number of aromatic nitrogens is 1. The van der Waals surface area contributed by atoms with Gasteiger partial charge in [-0.25, -0.2) is 17.7 Å². The number of nitrogens with zero attached hydrogens (tertiary/aromatic N) is 2. The molecule has 114 valence electrons. The predicted molar refractivity (Wildman–Crippen MR) is 79.8 cm³/mol. The number of ether oxygens (including phenoxy) is 1. The Balaban J connectivity index is 2.04. The first-order chi connectivity index (χ1) is 9.41. The second kappa shape index (κ2) is 6.38. The third kappa shape index (κ3) is 3.49. The van der Waals surface area contributed by atoms with Crippen LogP contribution in [0, 0.1) is 12.8 Å². The van der Waals surface area contributed by atoms with Gasteiger partial charge in [-0.3, -0.25) is 0 Å². The normalized spacial score (nSPS) is 20.3. The minimum absolute atomic E-state index is 0.310. The van der Waals surface area contributed by atoms with E-state index in [1.165, 1.54) is 29.7 Å². The molecule has 2 rings (SSSR count). The molecule has 6 nitrogen and oxygen atoms in total. The average Bonchev–Trinajstić information content (AvgIpc) is 2.79. The number of hydrogen-bond donors (Lipinski definition) is 1. The van der Waals surface area contributed by atoms with Crippen LogP contribution in [0.3, 0.4) is 0 Å². The van der Waals surface area contributed by atoms with Crippen LogP contribution in [-0.2, 0) is 14.8 Å². The quantitative estimate of drug-likeness (QED) is 0.891. The number of thiazole rings is 1. The summed E-state index contributed by atoms with van der Waals surface area (Å²) < 4.78 is 31.2. The highest BCUT2D eigenvalue weighted by atomic mass is 32.2. The molecule has 0 aromatic carbocycles. The van der Waals surface area contributed by atoms with Crippen molar-refractivity contribution in [2.24, 2.45) is 5.92 Å². The highest BCUT2D eigenvalue weighted by Gasteiger charge is 2.24. The summed E-state index contributed by atoms with van der Waals surface area (Å²) in [7, 11) is -0.348. The molecule has 1 atom stereocenters. The van der Waals surface area contributed by atoms with Crippen LogP contribution in [0.1, 0.15) is 18.5 Å². The number of sulfonamides is 1. The molecular formula is C12H21N3O3S2. The monoisotopic (exact) mass is 319 g/mol. The van der Waals surface area contributed by atoms with E-state index in [4.69, 9.17) is 4.74 Å². The van der Waals surface area contributed by atoms with Crippen molar-refractivity contribution in [2.75, 3.05) is 39.2 Å². The number of nitrogens with one attached hydrogen (secondary N) is 1. The highest BCUT2D eigenvalue weighted by Crippen LogP contribution is 2.29. The Kier molecular flexibility index (Phi) is 5.00. The number of hydrogen-bond acceptors (Lipinski definition) is 6. The van der Waals surface area contributed by atoms with E-state index in [9.17, 15) is 8.42 Å². The summed E-state index contributed by atoms with van der Waals surface area (Å²) in [6, 6.07) is 0. The van der Waals surface area contributed by atoms with E-state index in [1.807, 2.05) is 0 Å². The van der Waals surface area contributed by atoms with E-state index >= 15 is 0 Å². The number of aryl methyl sites for hydroxylation is 1. The fourth-order valence-electron chi connectivity index (χ4n) is 2.06. The summed E-state index contributed by atoms with van der Waals surface area (Å²) in [5.41, 5.74) is 0.547. The first kappa shape index (κ1) is 15.7. The minimum Gasteiger partial charge on any atom is -0.381 e. The highest BCUT2D eigenvalue weighted by molar-refractivity contribution is 7.91. The molecule has 1 aromatic rings. The van der Waals surface area contributed by atoms with Crippen molar-refractivity contribution in [3.8, 4) is 0 Å². The van der Waals surface area contributed by atoms with Crippen molar-refractivity contribution < 1.29 is 13.2 Å². The molecule has 0 aliphatic carbocycles. The standard InChI is InChI=1S/C12H21N3O3S2/c1-9-11(20(16,17)15(2)3)19-12(14-9)13-7-10-5-4-6-18-8-10/h10H,4-8H2,1-3H3,(H,13,14)/t10-/m0/s1. The van der Waals surface area contributed by atoms with Gasteiger partial charge in [0.25, 0.3) is 10.0 Å². The van der Waals surface area contributed by atoms with Crippen molar-refractivity contribution in [1.82, 2.24) is 9.29 Å². The lowest BCUT2D eigenvalue weighted by atomic mass is 10.0. The topological polar surface area (TPSA) is 71.5 Å². The van der Waals surface area contributed by atoms with Crippen LogP contribution < -0.4 is 5.32 Å². The molecule has 8 heteroatoms. The minimum atomic E-state index is -3.41. The van der Waals surface area contributed by atoms with Gasteiger partial charge in [0, 0.05) is 27.2 Å². The molecule has 1 N–H and O–H groups in total. The maximum absolute atomic E-state index is 12.1. The van der Waals surface area contributed by atoms with Crippen molar-refractivity contribution in [2.45, 2.75) is 24.0 Å². The zero-order chi connectivity index (χ0) is 14.8. The summed E-state index contributed by atoms with van der Waals surface area (Å²) >= 11 is 1.19. The zero-order valence-electron chi connectivity index (χ0n) is 12.0. The van der Waals surface area contributed by atoms with Crippen molar-refractivity contribution in [3.05, 3.63) is 5.69 Å². The Morgan fingerprint density at radius 2 is 2.25 bits per heavy atom. The SMILES string of the molecule is Cc1nc(NC[C@@H]2CCCOC2)sc1S(=O)(=O)N(C)C. The lowest BCUT2D eigenvalue weighted by Gasteiger charge is -2.21. The Bertz CT molecular complexity index is 548. The second-order valence-electron chi connectivity index (χ2n) is 5.14. The molecule has 1 aliphatic heterocycles. The molecular weight excluding hydrogens is 298 g/mol. The van der Waals surface area contributed by atoms with E-state index in [0.29, 0.717) is 21.0 Å². The van der Waals surface area contributed by atoms with Gasteiger partial charge in [-0.1, -0.05) is 11.3 Å². The summed E-state index contributed by atoms with van der Waals surface area (Å²) in [5.74, 6) is 0.474. The van der Waals surface area contributed by atoms with Crippen LogP contribution >= 0.6 is 11.3 Å². The number of rotatable bonds is 5. The maximum Gasteiger partial charge on any atom is 0.254 e. The van der Waals surface area contributed by atoms with Crippen LogP contribution in [0.15, 0.2) is 4.21 Å².